The van der Waals surface area contributed by atoms with E-state index in [1.165, 1.54) is 0 Å². The van der Waals surface area contributed by atoms with Crippen molar-refractivity contribution in [3.05, 3.63) is 21.6 Å². The average molecular weight is 238 g/mol. The van der Waals surface area contributed by atoms with Crippen LogP contribution in [0.2, 0.25) is 0 Å². The Hall–Kier alpha value is 0.140. The van der Waals surface area contributed by atoms with Crippen LogP contribution in [-0.2, 0) is 0 Å². The first-order valence-electron chi connectivity index (χ1n) is 2.92. The maximum Gasteiger partial charge on any atom is 0.120 e. The highest BCUT2D eigenvalue weighted by molar-refractivity contribution is 14.1. The lowest BCUT2D eigenvalue weighted by atomic mass is 10.0. The molecular weight excluding hydrogens is 230 g/mol. The summed E-state index contributed by atoms with van der Waals surface area (Å²) in [7, 11) is 0. The Bertz CT molecular complexity index is 170. The molecule has 1 rings (SSSR count). The van der Waals surface area contributed by atoms with Crippen LogP contribution in [0, 0.1) is 5.92 Å². The molecule has 0 aliphatic heterocycles. The summed E-state index contributed by atoms with van der Waals surface area (Å²) >= 11 is 2.17. The van der Waals surface area contributed by atoms with E-state index in [-0.39, 0.29) is 5.83 Å². The fourth-order valence-electron chi connectivity index (χ4n) is 0.895. The first kappa shape index (κ1) is 7.25. The Labute approximate surface area is 68.0 Å². The molecule has 9 heavy (non-hydrogen) atoms. The van der Waals surface area contributed by atoms with E-state index < -0.39 is 0 Å². The molecule has 50 valence electrons. The van der Waals surface area contributed by atoms with Gasteiger partial charge >= 0.3 is 0 Å². The average Bonchev–Trinajstić information content (AvgIpc) is 1.59. The van der Waals surface area contributed by atoms with E-state index in [9.17, 15) is 4.39 Å². The van der Waals surface area contributed by atoms with Crippen LogP contribution in [0.25, 0.3) is 0 Å². The minimum atomic E-state index is -0.0850. The molecule has 0 aromatic heterocycles. The van der Waals surface area contributed by atoms with Crippen molar-refractivity contribution in [2.24, 2.45) is 5.92 Å². The van der Waals surface area contributed by atoms with Gasteiger partial charge in [0.15, 0.2) is 0 Å². The Morgan fingerprint density at radius 2 is 2.44 bits per heavy atom. The van der Waals surface area contributed by atoms with Crippen molar-refractivity contribution in [2.75, 3.05) is 0 Å². The first-order valence-corrected chi connectivity index (χ1v) is 4.00. The summed E-state index contributed by atoms with van der Waals surface area (Å²) in [6.45, 7) is 2.02. The summed E-state index contributed by atoms with van der Waals surface area (Å²) in [6, 6.07) is 0. The van der Waals surface area contributed by atoms with Gasteiger partial charge in [-0.15, -0.1) is 0 Å². The Kier molecular flexibility index (Phi) is 2.27. The van der Waals surface area contributed by atoms with Crippen molar-refractivity contribution >= 4 is 22.6 Å². The van der Waals surface area contributed by atoms with Crippen molar-refractivity contribution in [1.82, 2.24) is 0 Å². The zero-order valence-electron chi connectivity index (χ0n) is 5.20. The minimum absolute atomic E-state index is 0.0850. The fraction of sp³-hybridized carbons (Fsp3) is 0.429. The molecule has 0 saturated heterocycles. The summed E-state index contributed by atoms with van der Waals surface area (Å²) in [4.78, 5) is 0. The van der Waals surface area contributed by atoms with Gasteiger partial charge in [0.2, 0.25) is 0 Å². The number of hydrogen-bond acceptors (Lipinski definition) is 0. The van der Waals surface area contributed by atoms with Crippen molar-refractivity contribution in [2.45, 2.75) is 13.3 Å². The van der Waals surface area contributed by atoms with E-state index in [4.69, 9.17) is 0 Å². The number of hydrogen-bond donors (Lipinski definition) is 0. The van der Waals surface area contributed by atoms with Crippen molar-refractivity contribution in [3.63, 3.8) is 0 Å². The number of allylic oxidation sites excluding steroid dienone is 4. The molecule has 0 heterocycles. The molecule has 1 aliphatic rings. The van der Waals surface area contributed by atoms with Crippen LogP contribution in [0.3, 0.4) is 0 Å². The maximum atomic E-state index is 12.5. The van der Waals surface area contributed by atoms with Gasteiger partial charge in [0, 0.05) is 0 Å². The molecule has 1 aliphatic carbocycles. The largest absolute Gasteiger partial charge is 0.207 e. The molecule has 0 aromatic carbocycles. The molecule has 0 nitrogen and oxygen atoms in total. The molecule has 0 amide bonds. The molecule has 2 heteroatoms. The summed E-state index contributed by atoms with van der Waals surface area (Å²) in [6.07, 6.45) is 4.23. The highest BCUT2D eigenvalue weighted by Gasteiger charge is 2.07. The van der Waals surface area contributed by atoms with E-state index >= 15 is 0 Å². The predicted molar refractivity (Wildman–Crippen MR) is 45.1 cm³/mol. The van der Waals surface area contributed by atoms with Gasteiger partial charge in [-0.1, -0.05) is 6.92 Å². The minimum Gasteiger partial charge on any atom is -0.207 e. The number of rotatable bonds is 0. The zero-order valence-corrected chi connectivity index (χ0v) is 7.35. The molecule has 0 bridgehead atoms. The molecule has 0 aromatic rings. The summed E-state index contributed by atoms with van der Waals surface area (Å²) in [5.41, 5.74) is 0. The predicted octanol–water partition coefficient (Wildman–Crippen LogP) is 3.20. The second-order valence-corrected chi connectivity index (χ2v) is 3.71. The Balaban J connectivity index is 2.74. The van der Waals surface area contributed by atoms with E-state index in [2.05, 4.69) is 22.6 Å². The SMILES string of the molecule is CC1C=C(F)C=C(I)C1. The van der Waals surface area contributed by atoms with Crippen molar-refractivity contribution < 1.29 is 4.39 Å². The lowest BCUT2D eigenvalue weighted by molar-refractivity contribution is 0.615. The molecule has 0 spiro atoms. The lowest BCUT2D eigenvalue weighted by Gasteiger charge is -2.09. The molecule has 0 fully saturated rings. The molecule has 1 unspecified atom stereocenters. The van der Waals surface area contributed by atoms with Gasteiger partial charge in [0.25, 0.3) is 0 Å². The normalized spacial score (nSPS) is 27.2. The third-order valence-electron chi connectivity index (χ3n) is 1.26. The highest BCUT2D eigenvalue weighted by Crippen LogP contribution is 2.26. The van der Waals surface area contributed by atoms with Crippen LogP contribution in [0.1, 0.15) is 13.3 Å². The van der Waals surface area contributed by atoms with Gasteiger partial charge in [-0.2, -0.15) is 0 Å². The second-order valence-electron chi connectivity index (χ2n) is 2.32. The first-order chi connectivity index (χ1) is 4.18. The lowest BCUT2D eigenvalue weighted by Crippen LogP contribution is -1.94. The third kappa shape index (κ3) is 2.08. The van der Waals surface area contributed by atoms with Crippen LogP contribution in [-0.4, -0.2) is 0 Å². The summed E-state index contributed by atoms with van der Waals surface area (Å²) < 4.78 is 13.6. The van der Waals surface area contributed by atoms with Crippen molar-refractivity contribution in [3.8, 4) is 0 Å². The topological polar surface area (TPSA) is 0 Å². The Morgan fingerprint density at radius 3 is 2.89 bits per heavy atom. The van der Waals surface area contributed by atoms with E-state index in [0.29, 0.717) is 5.92 Å². The smallest absolute Gasteiger partial charge is 0.120 e. The summed E-state index contributed by atoms with van der Waals surface area (Å²) in [5.74, 6) is 0.292. The quantitative estimate of drug-likeness (QED) is 0.568. The molecule has 0 radical (unpaired) electrons. The van der Waals surface area contributed by atoms with Gasteiger partial charge in [0.05, 0.1) is 0 Å². The third-order valence-corrected chi connectivity index (χ3v) is 2.01. The summed E-state index contributed by atoms with van der Waals surface area (Å²) in [5, 5.41) is 0. The van der Waals surface area contributed by atoms with Gasteiger partial charge in [-0.3, -0.25) is 0 Å². The van der Waals surface area contributed by atoms with Crippen molar-refractivity contribution in [1.29, 1.82) is 0 Å². The molecular formula is C7H8FI. The number of halogens is 2. The van der Waals surface area contributed by atoms with E-state index in [0.717, 1.165) is 10.0 Å². The molecule has 0 N–H and O–H groups in total. The Morgan fingerprint density at radius 1 is 1.78 bits per heavy atom. The second kappa shape index (κ2) is 2.82. The van der Waals surface area contributed by atoms with Crippen LogP contribution in [0.4, 0.5) is 4.39 Å². The van der Waals surface area contributed by atoms with E-state index in [1.807, 2.05) is 6.92 Å². The van der Waals surface area contributed by atoms with Crippen LogP contribution >= 0.6 is 22.6 Å². The monoisotopic (exact) mass is 238 g/mol. The van der Waals surface area contributed by atoms with Gasteiger partial charge in [-0.25, -0.2) is 4.39 Å². The maximum absolute atomic E-state index is 12.5. The standard InChI is InChI=1S/C7H8FI/c1-5-2-6(8)4-7(9)3-5/h2,4-5H,3H2,1H3. The fourth-order valence-corrected chi connectivity index (χ4v) is 1.89. The van der Waals surface area contributed by atoms with Gasteiger partial charge in [0.1, 0.15) is 5.83 Å². The van der Waals surface area contributed by atoms with Gasteiger partial charge in [-0.05, 0) is 50.7 Å². The molecule has 0 saturated carbocycles. The highest BCUT2D eigenvalue weighted by atomic mass is 127. The van der Waals surface area contributed by atoms with Crippen LogP contribution in [0.5, 0.6) is 0 Å². The van der Waals surface area contributed by atoms with Gasteiger partial charge < -0.3 is 0 Å². The van der Waals surface area contributed by atoms with Crippen LogP contribution in [0.15, 0.2) is 21.6 Å². The molecule has 1 atom stereocenters. The van der Waals surface area contributed by atoms with E-state index in [1.54, 1.807) is 12.2 Å². The van der Waals surface area contributed by atoms with Crippen LogP contribution < -0.4 is 0 Å². The zero-order chi connectivity index (χ0) is 6.85.